The monoisotopic (exact) mass is 293 g/mol. The number of rotatable bonds is 4. The zero-order chi connectivity index (χ0) is 15.4. The van der Waals surface area contributed by atoms with Crippen LogP contribution in [0, 0.1) is 0 Å². The van der Waals surface area contributed by atoms with Crippen molar-refractivity contribution in [2.45, 2.75) is 0 Å². The van der Waals surface area contributed by atoms with Crippen LogP contribution in [0.15, 0.2) is 30.2 Å². The average molecular weight is 293 g/mol. The normalized spacial score (nSPS) is 13.4. The number of carboxylic acids is 2. The molecule has 0 bridgehead atoms. The molecule has 0 atom stereocenters. The quantitative estimate of drug-likeness (QED) is 0.754. The lowest BCUT2D eigenvalue weighted by molar-refractivity contribution is -0.117. The van der Waals surface area contributed by atoms with Gasteiger partial charge < -0.3 is 25.0 Å². The summed E-state index contributed by atoms with van der Waals surface area (Å²) in [5, 5.41) is 20.2. The lowest BCUT2D eigenvalue weighted by Gasteiger charge is -2.15. The zero-order valence-electron chi connectivity index (χ0n) is 10.7. The molecule has 0 saturated heterocycles. The SMILES string of the molecule is O=C(Nc1cc(C(=O)O)cc(C(=O)O)c1)C1=COCCO1. The molecule has 0 spiro atoms. The van der Waals surface area contributed by atoms with Crippen molar-refractivity contribution in [1.82, 2.24) is 0 Å². The predicted octanol–water partition coefficient (Wildman–Crippen LogP) is 0.910. The molecule has 1 amide bonds. The first-order chi connectivity index (χ1) is 9.97. The van der Waals surface area contributed by atoms with Crippen molar-refractivity contribution in [1.29, 1.82) is 0 Å². The van der Waals surface area contributed by atoms with Crippen molar-refractivity contribution < 1.29 is 34.1 Å². The van der Waals surface area contributed by atoms with Gasteiger partial charge in [0, 0.05) is 5.69 Å². The van der Waals surface area contributed by atoms with E-state index in [-0.39, 0.29) is 29.2 Å². The summed E-state index contributed by atoms with van der Waals surface area (Å²) in [5.74, 6) is -3.33. The molecule has 3 N–H and O–H groups in total. The number of aromatic carboxylic acids is 2. The maximum Gasteiger partial charge on any atom is 0.335 e. The summed E-state index contributed by atoms with van der Waals surface area (Å²) in [4.78, 5) is 33.8. The summed E-state index contributed by atoms with van der Waals surface area (Å²) >= 11 is 0. The number of hydrogen-bond acceptors (Lipinski definition) is 5. The second kappa shape index (κ2) is 5.95. The average Bonchev–Trinajstić information content (AvgIpc) is 2.47. The lowest BCUT2D eigenvalue weighted by Crippen LogP contribution is -2.21. The van der Waals surface area contributed by atoms with Crippen molar-refractivity contribution in [3.05, 3.63) is 41.3 Å². The zero-order valence-corrected chi connectivity index (χ0v) is 10.7. The molecule has 0 saturated carbocycles. The van der Waals surface area contributed by atoms with E-state index in [9.17, 15) is 14.4 Å². The van der Waals surface area contributed by atoms with Crippen molar-refractivity contribution in [2.75, 3.05) is 18.5 Å². The minimum Gasteiger partial charge on any atom is -0.494 e. The first-order valence-electron chi connectivity index (χ1n) is 5.85. The molecule has 1 aliphatic rings. The number of amides is 1. The number of carbonyl (C=O) groups is 3. The number of hydrogen-bond donors (Lipinski definition) is 3. The Bertz CT molecular complexity index is 603. The van der Waals surface area contributed by atoms with Crippen molar-refractivity contribution in [3.63, 3.8) is 0 Å². The highest BCUT2D eigenvalue weighted by Gasteiger charge is 2.17. The summed E-state index contributed by atoms with van der Waals surface area (Å²) in [6, 6.07) is 3.30. The van der Waals surface area contributed by atoms with Crippen LogP contribution in [0.4, 0.5) is 5.69 Å². The van der Waals surface area contributed by atoms with Crippen LogP contribution in [0.25, 0.3) is 0 Å². The molecule has 8 nitrogen and oxygen atoms in total. The molecule has 21 heavy (non-hydrogen) atoms. The Hall–Kier alpha value is -3.03. The van der Waals surface area contributed by atoms with Crippen LogP contribution in [0.3, 0.4) is 0 Å². The van der Waals surface area contributed by atoms with Crippen LogP contribution in [0.2, 0.25) is 0 Å². The standard InChI is InChI=1S/C13H11NO7/c15-11(10-6-20-1-2-21-10)14-9-4-7(12(16)17)3-8(5-9)13(18)19/h3-6H,1-2H2,(H,14,15)(H,16,17)(H,18,19). The Balaban J connectivity index is 2.26. The first-order valence-corrected chi connectivity index (χ1v) is 5.85. The van der Waals surface area contributed by atoms with Crippen LogP contribution in [0.1, 0.15) is 20.7 Å². The molecule has 110 valence electrons. The van der Waals surface area contributed by atoms with Crippen molar-refractivity contribution in [2.24, 2.45) is 0 Å². The summed E-state index contributed by atoms with van der Waals surface area (Å²) < 4.78 is 9.99. The van der Waals surface area contributed by atoms with E-state index >= 15 is 0 Å². The molecule has 0 fully saturated rings. The van der Waals surface area contributed by atoms with Gasteiger partial charge in [0.1, 0.15) is 19.5 Å². The van der Waals surface area contributed by atoms with E-state index in [1.807, 2.05) is 0 Å². The molecular formula is C13H11NO7. The summed E-state index contributed by atoms with van der Waals surface area (Å²) in [5.41, 5.74) is -0.465. The highest BCUT2D eigenvalue weighted by Crippen LogP contribution is 2.17. The Morgan fingerprint density at radius 1 is 1.00 bits per heavy atom. The smallest absolute Gasteiger partial charge is 0.335 e. The molecule has 0 aromatic heterocycles. The third-order valence-electron chi connectivity index (χ3n) is 2.56. The van der Waals surface area contributed by atoms with Crippen LogP contribution in [-0.4, -0.2) is 41.3 Å². The van der Waals surface area contributed by atoms with E-state index in [0.29, 0.717) is 6.61 Å². The largest absolute Gasteiger partial charge is 0.494 e. The summed E-state index contributed by atoms with van der Waals surface area (Å²) in [7, 11) is 0. The van der Waals surface area contributed by atoms with Crippen LogP contribution < -0.4 is 5.32 Å². The van der Waals surface area contributed by atoms with Gasteiger partial charge in [-0.1, -0.05) is 0 Å². The van der Waals surface area contributed by atoms with E-state index in [1.54, 1.807) is 0 Å². The molecule has 2 rings (SSSR count). The fraction of sp³-hybridized carbons (Fsp3) is 0.154. The highest BCUT2D eigenvalue weighted by molar-refractivity contribution is 6.04. The maximum absolute atomic E-state index is 11.9. The van der Waals surface area contributed by atoms with Gasteiger partial charge >= 0.3 is 11.9 Å². The van der Waals surface area contributed by atoms with Gasteiger partial charge in [-0.3, -0.25) is 4.79 Å². The molecule has 1 aromatic rings. The molecular weight excluding hydrogens is 282 g/mol. The van der Waals surface area contributed by atoms with Gasteiger partial charge in [0.05, 0.1) is 11.1 Å². The third kappa shape index (κ3) is 3.50. The second-order valence-corrected chi connectivity index (χ2v) is 4.06. The van der Waals surface area contributed by atoms with E-state index in [2.05, 4.69) is 5.32 Å². The van der Waals surface area contributed by atoms with Crippen LogP contribution >= 0.6 is 0 Å². The van der Waals surface area contributed by atoms with Crippen LogP contribution in [-0.2, 0) is 14.3 Å². The first kappa shape index (κ1) is 14.4. The van der Waals surface area contributed by atoms with Gasteiger partial charge in [0.2, 0.25) is 5.76 Å². The minimum absolute atomic E-state index is 0.0346. The second-order valence-electron chi connectivity index (χ2n) is 4.06. The van der Waals surface area contributed by atoms with Crippen molar-refractivity contribution >= 4 is 23.5 Å². The van der Waals surface area contributed by atoms with Gasteiger partial charge in [0.15, 0.2) is 0 Å². The van der Waals surface area contributed by atoms with Gasteiger partial charge in [-0.25, -0.2) is 9.59 Å². The van der Waals surface area contributed by atoms with Gasteiger partial charge in [-0.15, -0.1) is 0 Å². The molecule has 0 unspecified atom stereocenters. The van der Waals surface area contributed by atoms with E-state index < -0.39 is 17.8 Å². The van der Waals surface area contributed by atoms with Gasteiger partial charge in [0.25, 0.3) is 5.91 Å². The molecule has 0 radical (unpaired) electrons. The lowest BCUT2D eigenvalue weighted by atomic mass is 10.1. The molecule has 1 heterocycles. The Kier molecular flexibility index (Phi) is 4.07. The highest BCUT2D eigenvalue weighted by atomic mass is 16.6. The predicted molar refractivity (Wildman–Crippen MR) is 69.0 cm³/mol. The molecule has 1 aromatic carbocycles. The third-order valence-corrected chi connectivity index (χ3v) is 2.56. The maximum atomic E-state index is 11.9. The Morgan fingerprint density at radius 3 is 2.10 bits per heavy atom. The van der Waals surface area contributed by atoms with Crippen LogP contribution in [0.5, 0.6) is 0 Å². The number of carboxylic acid groups (broad SMARTS) is 2. The fourth-order valence-corrected chi connectivity index (χ4v) is 1.63. The van der Waals surface area contributed by atoms with E-state index in [0.717, 1.165) is 24.5 Å². The summed E-state index contributed by atoms with van der Waals surface area (Å²) in [6.45, 7) is 0.545. The summed E-state index contributed by atoms with van der Waals surface area (Å²) in [6.07, 6.45) is 1.14. The Labute approximate surface area is 118 Å². The van der Waals surface area contributed by atoms with E-state index in [4.69, 9.17) is 19.7 Å². The topological polar surface area (TPSA) is 122 Å². The number of anilines is 1. The molecule has 0 aliphatic carbocycles. The number of benzene rings is 1. The number of nitrogens with one attached hydrogen (secondary N) is 1. The minimum atomic E-state index is -1.30. The molecule has 8 heteroatoms. The number of ether oxygens (including phenoxy) is 2. The Morgan fingerprint density at radius 2 is 1.62 bits per heavy atom. The van der Waals surface area contributed by atoms with Gasteiger partial charge in [-0.05, 0) is 18.2 Å². The van der Waals surface area contributed by atoms with Gasteiger partial charge in [-0.2, -0.15) is 0 Å². The van der Waals surface area contributed by atoms with Crippen molar-refractivity contribution in [3.8, 4) is 0 Å². The van der Waals surface area contributed by atoms with E-state index in [1.165, 1.54) is 0 Å². The fourth-order valence-electron chi connectivity index (χ4n) is 1.63. The number of carbonyl (C=O) groups excluding carboxylic acids is 1. The molecule has 1 aliphatic heterocycles.